The Morgan fingerprint density at radius 2 is 0.861 bits per heavy atom. The molecule has 0 aliphatic heterocycles. The minimum Gasteiger partial charge on any atom is -0.756 e. The molecule has 0 aliphatic carbocycles. The molecule has 0 radical (unpaired) electrons. The lowest BCUT2D eigenvalue weighted by Gasteiger charge is -2.29. The molecule has 9 heteroatoms. The number of quaternary nitrogens is 1. The van der Waals surface area contributed by atoms with Gasteiger partial charge in [-0.05, 0) is 70.6 Å². The maximum atomic E-state index is 13.0. The van der Waals surface area contributed by atoms with E-state index in [2.05, 4.69) is 79.9 Å². The smallest absolute Gasteiger partial charge is 0.268 e. The molecule has 0 saturated heterocycles. The van der Waals surface area contributed by atoms with Crippen molar-refractivity contribution in [1.29, 1.82) is 0 Å². The van der Waals surface area contributed by atoms with Crippen molar-refractivity contribution in [2.75, 3.05) is 40.9 Å². The zero-order valence-electron chi connectivity index (χ0n) is 47.9. The predicted molar refractivity (Wildman–Crippen MR) is 311 cm³/mol. The first kappa shape index (κ1) is 69.9. The number of phosphoric ester groups is 1. The summed E-state index contributed by atoms with van der Waals surface area (Å²) in [5.74, 6) is -0.221. The zero-order chi connectivity index (χ0) is 52.7. The molecule has 0 rings (SSSR count). The molecule has 3 atom stereocenters. The lowest BCUT2D eigenvalue weighted by atomic mass is 10.0. The summed E-state index contributed by atoms with van der Waals surface area (Å²) >= 11 is 0. The molecular weight excluding hydrogens is 912 g/mol. The van der Waals surface area contributed by atoms with Gasteiger partial charge in [0.05, 0.1) is 39.9 Å². The third-order valence-corrected chi connectivity index (χ3v) is 14.4. The largest absolute Gasteiger partial charge is 0.756 e. The van der Waals surface area contributed by atoms with Crippen LogP contribution < -0.4 is 10.2 Å². The highest BCUT2D eigenvalue weighted by molar-refractivity contribution is 7.45. The quantitative estimate of drug-likeness (QED) is 0.0272. The molecule has 0 aromatic carbocycles. The number of carbonyl (C=O) groups is 1. The van der Waals surface area contributed by atoms with Gasteiger partial charge < -0.3 is 28.8 Å². The van der Waals surface area contributed by atoms with E-state index in [1.54, 1.807) is 6.08 Å². The zero-order valence-corrected chi connectivity index (χ0v) is 48.8. The summed E-state index contributed by atoms with van der Waals surface area (Å²) in [6, 6.07) is -0.916. The number of likely N-dealkylation sites (N-methyl/N-ethyl adjacent to an activating group) is 1. The predicted octanol–water partition coefficient (Wildman–Crippen LogP) is 18.0. The number of hydrogen-bond donors (Lipinski definition) is 2. The lowest BCUT2D eigenvalue weighted by molar-refractivity contribution is -0.870. The summed E-state index contributed by atoms with van der Waals surface area (Å²) in [6.07, 6.45) is 74.3. The minimum atomic E-state index is -4.61. The van der Waals surface area contributed by atoms with Crippen molar-refractivity contribution >= 4 is 13.7 Å². The van der Waals surface area contributed by atoms with Crippen molar-refractivity contribution in [3.63, 3.8) is 0 Å². The molecule has 0 fully saturated rings. The van der Waals surface area contributed by atoms with Crippen LogP contribution in [0.2, 0.25) is 0 Å². The molecule has 2 N–H and O–H groups in total. The van der Waals surface area contributed by atoms with E-state index in [9.17, 15) is 19.4 Å². The first-order valence-corrected chi connectivity index (χ1v) is 31.8. The molecule has 72 heavy (non-hydrogen) atoms. The second-order valence-corrected chi connectivity index (χ2v) is 23.1. The van der Waals surface area contributed by atoms with Gasteiger partial charge in [0.2, 0.25) is 5.91 Å². The number of aliphatic hydroxyl groups is 1. The van der Waals surface area contributed by atoms with Gasteiger partial charge in [-0.1, -0.05) is 267 Å². The lowest BCUT2D eigenvalue weighted by Crippen LogP contribution is -2.45. The molecule has 0 bridgehead atoms. The number of phosphoric acid groups is 1. The number of amides is 1. The molecule has 0 aromatic heterocycles. The van der Waals surface area contributed by atoms with Crippen molar-refractivity contribution in [3.8, 4) is 0 Å². The van der Waals surface area contributed by atoms with Crippen LogP contribution >= 0.6 is 7.82 Å². The van der Waals surface area contributed by atoms with Crippen LogP contribution in [0.5, 0.6) is 0 Å². The fourth-order valence-electron chi connectivity index (χ4n) is 8.69. The van der Waals surface area contributed by atoms with E-state index in [0.29, 0.717) is 17.4 Å². The Labute approximate surface area is 446 Å². The van der Waals surface area contributed by atoms with Crippen LogP contribution in [0.15, 0.2) is 72.9 Å². The van der Waals surface area contributed by atoms with Crippen molar-refractivity contribution in [3.05, 3.63) is 72.9 Å². The van der Waals surface area contributed by atoms with Gasteiger partial charge in [0, 0.05) is 6.42 Å². The van der Waals surface area contributed by atoms with Gasteiger partial charge in [-0.15, -0.1) is 0 Å². The Balaban J connectivity index is 4.19. The van der Waals surface area contributed by atoms with Gasteiger partial charge in [-0.3, -0.25) is 9.36 Å². The van der Waals surface area contributed by atoms with E-state index in [1.807, 2.05) is 27.2 Å². The highest BCUT2D eigenvalue weighted by atomic mass is 31.2. The number of hydrogen-bond acceptors (Lipinski definition) is 6. The van der Waals surface area contributed by atoms with E-state index in [1.165, 1.54) is 173 Å². The summed E-state index contributed by atoms with van der Waals surface area (Å²) in [6.45, 7) is 4.52. The van der Waals surface area contributed by atoms with Crippen LogP contribution in [0.1, 0.15) is 271 Å². The third kappa shape index (κ3) is 55.7. The highest BCUT2D eigenvalue weighted by Gasteiger charge is 2.23. The molecule has 0 saturated carbocycles. The number of rotatable bonds is 55. The van der Waals surface area contributed by atoms with Gasteiger partial charge in [0.15, 0.2) is 0 Å². The van der Waals surface area contributed by atoms with Gasteiger partial charge >= 0.3 is 0 Å². The van der Waals surface area contributed by atoms with Gasteiger partial charge in [-0.2, -0.15) is 0 Å². The molecule has 0 spiro atoms. The van der Waals surface area contributed by atoms with E-state index >= 15 is 0 Å². The van der Waals surface area contributed by atoms with Crippen LogP contribution in [-0.4, -0.2) is 68.5 Å². The van der Waals surface area contributed by atoms with E-state index in [0.717, 1.165) is 77.0 Å². The Hall–Kier alpha value is -2.06. The van der Waals surface area contributed by atoms with Gasteiger partial charge in [-0.25, -0.2) is 0 Å². The second kappa shape index (κ2) is 53.8. The van der Waals surface area contributed by atoms with E-state index in [-0.39, 0.29) is 12.5 Å². The minimum absolute atomic E-state index is 0.0125. The van der Waals surface area contributed by atoms with Crippen molar-refractivity contribution in [2.24, 2.45) is 0 Å². The molecule has 420 valence electrons. The van der Waals surface area contributed by atoms with Crippen molar-refractivity contribution in [2.45, 2.75) is 283 Å². The van der Waals surface area contributed by atoms with Crippen LogP contribution in [0.4, 0.5) is 0 Å². The average Bonchev–Trinajstić information content (AvgIpc) is 3.34. The molecule has 1 amide bonds. The maximum Gasteiger partial charge on any atom is 0.268 e. The normalized spacial score (nSPS) is 14.4. The molecule has 3 unspecified atom stereocenters. The SMILES string of the molecule is CC/C=C\C/C=C\C/C=C\C/C=C\CCCCCCCCC(=O)NC(COP(=O)([O-])OCC[N+](C)(C)C)C(O)/C=C/CC/C=C/CCCCCCCCCCCCCCCCCCCCCCCCCCC. The summed E-state index contributed by atoms with van der Waals surface area (Å²) in [7, 11) is 1.23. The molecule has 8 nitrogen and oxygen atoms in total. The van der Waals surface area contributed by atoms with Crippen molar-refractivity contribution in [1.82, 2.24) is 5.32 Å². The number of carbonyl (C=O) groups excluding carboxylic acids is 1. The summed E-state index contributed by atoms with van der Waals surface area (Å²) in [4.78, 5) is 25.5. The molecule has 0 aromatic rings. The van der Waals surface area contributed by atoms with Crippen molar-refractivity contribution < 1.29 is 32.9 Å². The molecular formula is C63H117N2O6P. The van der Waals surface area contributed by atoms with Crippen LogP contribution in [0, 0.1) is 0 Å². The summed E-state index contributed by atoms with van der Waals surface area (Å²) in [5.41, 5.74) is 0. The Morgan fingerprint density at radius 3 is 1.29 bits per heavy atom. The number of nitrogens with zero attached hydrogens (tertiary/aromatic N) is 1. The number of nitrogens with one attached hydrogen (secondary N) is 1. The van der Waals surface area contributed by atoms with Gasteiger partial charge in [0.25, 0.3) is 7.82 Å². The number of allylic oxidation sites excluding steroid dienone is 11. The summed E-state index contributed by atoms with van der Waals surface area (Å²) in [5, 5.41) is 13.9. The molecule has 0 heterocycles. The highest BCUT2D eigenvalue weighted by Crippen LogP contribution is 2.38. The van der Waals surface area contributed by atoms with Crippen LogP contribution in [0.25, 0.3) is 0 Å². The standard InChI is InChI=1S/C63H117N2O6P/c1-6-8-10-12-14-16-18-20-22-24-26-27-28-29-30-31-32-33-34-35-36-37-39-40-42-44-46-48-50-52-54-56-62(66)61(60-71-72(68,69)70-59-58-65(3,4)5)64-63(67)57-55-53-51-49-47-45-43-41-38-25-23-21-19-17-15-13-11-9-7-2/h9,11,15,17,21,23,38,41,46,48,54,56,61-62,66H,6-8,10,12-14,16,18-20,22,24-37,39-40,42-45,47,49-53,55,57-60H2,1-5H3,(H-,64,67,68,69)/b11-9-,17-15-,23-21-,41-38-,48-46+,56-54+. The number of aliphatic hydroxyl groups excluding tert-OH is 1. The van der Waals surface area contributed by atoms with Crippen LogP contribution in [0.3, 0.4) is 0 Å². The average molecular weight is 1030 g/mol. The van der Waals surface area contributed by atoms with Gasteiger partial charge in [0.1, 0.15) is 13.2 Å². The monoisotopic (exact) mass is 1030 g/mol. The summed E-state index contributed by atoms with van der Waals surface area (Å²) < 4.78 is 23.3. The first-order chi connectivity index (χ1) is 35.0. The van der Waals surface area contributed by atoms with Crippen LogP contribution in [-0.2, 0) is 18.4 Å². The van der Waals surface area contributed by atoms with E-state index < -0.39 is 26.6 Å². The molecule has 0 aliphatic rings. The van der Waals surface area contributed by atoms with E-state index in [4.69, 9.17) is 9.05 Å². The maximum absolute atomic E-state index is 13.0. The Bertz CT molecular complexity index is 1400. The number of unbranched alkanes of at least 4 members (excludes halogenated alkanes) is 32. The first-order valence-electron chi connectivity index (χ1n) is 30.3. The Morgan fingerprint density at radius 1 is 0.500 bits per heavy atom. The second-order valence-electron chi connectivity index (χ2n) is 21.7. The third-order valence-electron chi connectivity index (χ3n) is 13.4. The fraction of sp³-hybridized carbons (Fsp3) is 0.794. The Kier molecular flexibility index (Phi) is 52.2. The topological polar surface area (TPSA) is 108 Å². The fourth-order valence-corrected chi connectivity index (χ4v) is 9.41.